The lowest BCUT2D eigenvalue weighted by Gasteiger charge is -2.35. The quantitative estimate of drug-likeness (QED) is 0.810. The summed E-state index contributed by atoms with van der Waals surface area (Å²) in [6.45, 7) is 6.66. The molecule has 0 N–H and O–H groups in total. The van der Waals surface area contributed by atoms with Gasteiger partial charge in [0.1, 0.15) is 5.75 Å². The average molecular weight is 340 g/mol. The van der Waals surface area contributed by atoms with Crippen molar-refractivity contribution in [1.29, 1.82) is 0 Å². The molecule has 1 fully saturated rings. The predicted octanol–water partition coefficient (Wildman–Crippen LogP) is 2.93. The summed E-state index contributed by atoms with van der Waals surface area (Å²) in [5.74, 6) is 0.982. The van der Waals surface area contributed by atoms with Crippen molar-refractivity contribution in [3.63, 3.8) is 0 Å². The van der Waals surface area contributed by atoms with Crippen molar-refractivity contribution >= 4 is 0 Å². The number of para-hydroxylation sites is 1. The second-order valence-electron chi connectivity index (χ2n) is 7.24. The van der Waals surface area contributed by atoms with Gasteiger partial charge in [-0.15, -0.1) is 0 Å². The van der Waals surface area contributed by atoms with E-state index in [1.807, 2.05) is 18.3 Å². The van der Waals surface area contributed by atoms with Gasteiger partial charge in [0.05, 0.1) is 18.8 Å². The minimum absolute atomic E-state index is 0.467. The third-order valence-corrected chi connectivity index (χ3v) is 5.52. The van der Waals surface area contributed by atoms with E-state index >= 15 is 0 Å². The summed E-state index contributed by atoms with van der Waals surface area (Å²) >= 11 is 0. The lowest BCUT2D eigenvalue weighted by atomic mass is 10.1. The van der Waals surface area contributed by atoms with Gasteiger partial charge in [-0.3, -0.25) is 9.58 Å². The van der Waals surface area contributed by atoms with Crippen LogP contribution in [0.15, 0.2) is 36.5 Å². The molecule has 0 spiro atoms. The van der Waals surface area contributed by atoms with Gasteiger partial charge in [-0.2, -0.15) is 5.10 Å². The zero-order valence-electron chi connectivity index (χ0n) is 15.1. The summed E-state index contributed by atoms with van der Waals surface area (Å²) in [6.07, 6.45) is 5.84. The molecule has 5 heteroatoms. The highest BCUT2D eigenvalue weighted by molar-refractivity contribution is 5.33. The molecule has 1 aromatic carbocycles. The predicted molar refractivity (Wildman–Crippen MR) is 98.7 cm³/mol. The minimum atomic E-state index is 0.467. The van der Waals surface area contributed by atoms with Crippen LogP contribution in [-0.4, -0.2) is 52.9 Å². The third-order valence-electron chi connectivity index (χ3n) is 5.52. The van der Waals surface area contributed by atoms with Gasteiger partial charge in [0, 0.05) is 37.9 Å². The normalized spacial score (nSPS) is 21.4. The molecule has 0 bridgehead atoms. The Labute approximate surface area is 150 Å². The summed E-state index contributed by atoms with van der Waals surface area (Å²) in [7, 11) is 1.75. The molecule has 134 valence electrons. The average Bonchev–Trinajstić information content (AvgIpc) is 3.31. The van der Waals surface area contributed by atoms with Crippen LogP contribution in [0.2, 0.25) is 0 Å². The van der Waals surface area contributed by atoms with Gasteiger partial charge in [-0.25, -0.2) is 0 Å². The highest BCUT2D eigenvalue weighted by atomic mass is 16.5. The number of likely N-dealkylation sites (tertiary alicyclic amines) is 1. The molecule has 5 nitrogen and oxygen atoms in total. The zero-order valence-corrected chi connectivity index (χ0v) is 15.1. The first-order chi connectivity index (χ1) is 12.3. The molecule has 0 saturated carbocycles. The maximum atomic E-state index is 5.53. The Kier molecular flexibility index (Phi) is 5.04. The SMILES string of the molecule is COc1ccccc1CN1Cc2ccnn2[C@@H](CCN2CCCC2)C1. The number of hydrogen-bond donors (Lipinski definition) is 0. The highest BCUT2D eigenvalue weighted by Gasteiger charge is 2.26. The molecule has 0 aliphatic carbocycles. The Balaban J connectivity index is 1.45. The first-order valence-corrected chi connectivity index (χ1v) is 9.42. The van der Waals surface area contributed by atoms with E-state index < -0.39 is 0 Å². The lowest BCUT2D eigenvalue weighted by Crippen LogP contribution is -2.38. The lowest BCUT2D eigenvalue weighted by molar-refractivity contribution is 0.151. The minimum Gasteiger partial charge on any atom is -0.496 e. The molecule has 2 aromatic rings. The highest BCUT2D eigenvalue weighted by Crippen LogP contribution is 2.27. The molecule has 2 aliphatic rings. The molecule has 0 radical (unpaired) electrons. The molecule has 2 aliphatic heterocycles. The van der Waals surface area contributed by atoms with E-state index in [2.05, 4.69) is 37.8 Å². The smallest absolute Gasteiger partial charge is 0.123 e. The van der Waals surface area contributed by atoms with Gasteiger partial charge in [0.15, 0.2) is 0 Å². The number of nitrogens with zero attached hydrogens (tertiary/aromatic N) is 4. The molecule has 3 heterocycles. The van der Waals surface area contributed by atoms with Gasteiger partial charge in [-0.1, -0.05) is 18.2 Å². The second-order valence-corrected chi connectivity index (χ2v) is 7.24. The third kappa shape index (κ3) is 3.72. The van der Waals surface area contributed by atoms with E-state index in [9.17, 15) is 0 Å². The second kappa shape index (κ2) is 7.58. The van der Waals surface area contributed by atoms with Crippen molar-refractivity contribution in [2.45, 2.75) is 38.4 Å². The molecule has 1 saturated heterocycles. The number of fused-ring (bicyclic) bond motifs is 1. The van der Waals surface area contributed by atoms with Crippen molar-refractivity contribution in [1.82, 2.24) is 19.6 Å². The molecule has 1 aromatic heterocycles. The maximum absolute atomic E-state index is 5.53. The number of rotatable bonds is 6. The number of ether oxygens (including phenoxy) is 1. The fourth-order valence-corrected chi connectivity index (χ4v) is 4.21. The van der Waals surface area contributed by atoms with Gasteiger partial charge < -0.3 is 9.64 Å². The standard InChI is InChI=1S/C20H28N4O/c1-25-20-7-3-2-6-17(20)14-23-15-18-8-10-21-24(18)19(16-23)9-13-22-11-4-5-12-22/h2-3,6-8,10,19H,4-5,9,11-16H2,1H3/t19-/m0/s1. The Morgan fingerprint density at radius 2 is 1.96 bits per heavy atom. The number of hydrogen-bond acceptors (Lipinski definition) is 4. The summed E-state index contributed by atoms with van der Waals surface area (Å²) in [5.41, 5.74) is 2.59. The number of aromatic nitrogens is 2. The van der Waals surface area contributed by atoms with Crippen LogP contribution in [0.5, 0.6) is 5.75 Å². The molecular weight excluding hydrogens is 312 g/mol. The van der Waals surface area contributed by atoms with Crippen LogP contribution in [0, 0.1) is 0 Å². The van der Waals surface area contributed by atoms with E-state index in [0.717, 1.165) is 25.4 Å². The van der Waals surface area contributed by atoms with E-state index in [-0.39, 0.29) is 0 Å². The number of methoxy groups -OCH3 is 1. The van der Waals surface area contributed by atoms with Crippen molar-refractivity contribution in [2.75, 3.05) is 33.3 Å². The van der Waals surface area contributed by atoms with E-state index in [4.69, 9.17) is 4.74 Å². The van der Waals surface area contributed by atoms with Gasteiger partial charge >= 0.3 is 0 Å². The first kappa shape index (κ1) is 16.6. The van der Waals surface area contributed by atoms with Gasteiger partial charge in [-0.05, 0) is 44.5 Å². The largest absolute Gasteiger partial charge is 0.496 e. The summed E-state index contributed by atoms with van der Waals surface area (Å²) in [4.78, 5) is 5.13. The van der Waals surface area contributed by atoms with Crippen molar-refractivity contribution in [2.24, 2.45) is 0 Å². The van der Waals surface area contributed by atoms with Crippen molar-refractivity contribution in [3.8, 4) is 5.75 Å². The van der Waals surface area contributed by atoms with Crippen molar-refractivity contribution < 1.29 is 4.74 Å². The zero-order chi connectivity index (χ0) is 17.1. The molecule has 0 amide bonds. The molecule has 25 heavy (non-hydrogen) atoms. The van der Waals surface area contributed by atoms with E-state index in [0.29, 0.717) is 6.04 Å². The van der Waals surface area contributed by atoms with Crippen LogP contribution >= 0.6 is 0 Å². The monoisotopic (exact) mass is 340 g/mol. The van der Waals surface area contributed by atoms with Gasteiger partial charge in [0.25, 0.3) is 0 Å². The van der Waals surface area contributed by atoms with Crippen LogP contribution in [0.25, 0.3) is 0 Å². The maximum Gasteiger partial charge on any atom is 0.123 e. The Morgan fingerprint density at radius 3 is 2.80 bits per heavy atom. The van der Waals surface area contributed by atoms with Crippen LogP contribution in [0.4, 0.5) is 0 Å². The summed E-state index contributed by atoms with van der Waals surface area (Å²) < 4.78 is 7.79. The molecule has 0 unspecified atom stereocenters. The van der Waals surface area contributed by atoms with Crippen LogP contribution in [0.3, 0.4) is 0 Å². The van der Waals surface area contributed by atoms with Crippen LogP contribution in [0.1, 0.15) is 36.6 Å². The molecule has 1 atom stereocenters. The van der Waals surface area contributed by atoms with Crippen molar-refractivity contribution in [3.05, 3.63) is 47.8 Å². The molecular formula is C20H28N4O. The van der Waals surface area contributed by atoms with E-state index in [1.54, 1.807) is 7.11 Å². The Morgan fingerprint density at radius 1 is 1.12 bits per heavy atom. The van der Waals surface area contributed by atoms with Gasteiger partial charge in [0.2, 0.25) is 0 Å². The summed E-state index contributed by atoms with van der Waals surface area (Å²) in [5, 5.41) is 4.61. The topological polar surface area (TPSA) is 33.5 Å². The molecule has 4 rings (SSSR count). The van der Waals surface area contributed by atoms with Crippen LogP contribution < -0.4 is 4.74 Å². The Hall–Kier alpha value is -1.85. The first-order valence-electron chi connectivity index (χ1n) is 9.42. The fourth-order valence-electron chi connectivity index (χ4n) is 4.21. The van der Waals surface area contributed by atoms with Crippen LogP contribution in [-0.2, 0) is 13.1 Å². The number of benzene rings is 1. The summed E-state index contributed by atoms with van der Waals surface area (Å²) in [6, 6.07) is 11.0. The Bertz CT molecular complexity index is 693. The van der Waals surface area contributed by atoms with E-state index in [1.165, 1.54) is 50.2 Å². The fraction of sp³-hybridized carbons (Fsp3) is 0.550.